The highest BCUT2D eigenvalue weighted by Gasteiger charge is 2.41. The van der Waals surface area contributed by atoms with Crippen LogP contribution in [0.5, 0.6) is 0 Å². The predicted octanol–water partition coefficient (Wildman–Crippen LogP) is 2.47. The van der Waals surface area contributed by atoms with Crippen molar-refractivity contribution in [1.82, 2.24) is 25.8 Å². The summed E-state index contributed by atoms with van der Waals surface area (Å²) >= 11 is 0. The smallest absolute Gasteiger partial charge is 0.289 e. The van der Waals surface area contributed by atoms with Crippen LogP contribution in [0.15, 0.2) is 73.3 Å². The predicted molar refractivity (Wildman–Crippen MR) is 157 cm³/mol. The number of rotatable bonds is 11. The number of H-pyrrole nitrogens is 1. The summed E-state index contributed by atoms with van der Waals surface area (Å²) in [5.74, 6) is -2.96. The number of aromatic nitrogens is 1. The standard InChI is InChI=1S/C32H35N5O5/c1-2-20-16-27(37(19-20)32(42)26-17-23-10-6-7-11-24(23)35-26)30(40)36-25(13-12-22-14-15-33-29(22)39)28(38)31(41)34-18-21-8-4-3-5-9-21/h2-11,17,20,22,25,27,35H,1,12-16,18-19H2,(H,33,39)(H,34,41)(H,36,40)/t20-,22-,25+,27+/m1/s1. The van der Waals surface area contributed by atoms with Crippen LogP contribution < -0.4 is 16.0 Å². The van der Waals surface area contributed by atoms with Crippen LogP contribution in [0.2, 0.25) is 0 Å². The maximum absolute atomic E-state index is 13.7. The Bertz CT molecular complexity index is 1470. The number of amides is 4. The first kappa shape index (κ1) is 28.8. The van der Waals surface area contributed by atoms with E-state index in [1.54, 1.807) is 12.1 Å². The summed E-state index contributed by atoms with van der Waals surface area (Å²) in [6.07, 6.45) is 3.15. The van der Waals surface area contributed by atoms with Crippen LogP contribution in [0.3, 0.4) is 0 Å². The molecule has 0 unspecified atom stereocenters. The molecule has 4 atom stereocenters. The number of carbonyl (C=O) groups excluding carboxylic acids is 5. The molecule has 1 aromatic heterocycles. The van der Waals surface area contributed by atoms with Gasteiger partial charge in [-0.1, -0.05) is 54.6 Å². The van der Waals surface area contributed by atoms with Crippen molar-refractivity contribution in [1.29, 1.82) is 0 Å². The topological polar surface area (TPSA) is 140 Å². The van der Waals surface area contributed by atoms with Crippen LogP contribution in [0.1, 0.15) is 41.7 Å². The molecule has 2 aliphatic heterocycles. The van der Waals surface area contributed by atoms with Crippen molar-refractivity contribution in [3.05, 3.63) is 84.6 Å². The van der Waals surface area contributed by atoms with E-state index in [-0.39, 0.29) is 36.6 Å². The number of aromatic amines is 1. The van der Waals surface area contributed by atoms with Crippen molar-refractivity contribution in [2.75, 3.05) is 13.1 Å². The zero-order valence-electron chi connectivity index (χ0n) is 23.3. The number of hydrogen-bond donors (Lipinski definition) is 4. The van der Waals surface area contributed by atoms with Gasteiger partial charge in [0, 0.05) is 36.5 Å². The second kappa shape index (κ2) is 12.8. The highest BCUT2D eigenvalue weighted by Crippen LogP contribution is 2.27. The minimum Gasteiger partial charge on any atom is -0.356 e. The summed E-state index contributed by atoms with van der Waals surface area (Å²) in [6, 6.07) is 16.5. The van der Waals surface area contributed by atoms with Crippen molar-refractivity contribution >= 4 is 40.3 Å². The second-order valence-electron chi connectivity index (χ2n) is 10.9. The Labute approximate surface area is 243 Å². The van der Waals surface area contributed by atoms with E-state index in [0.29, 0.717) is 38.0 Å². The van der Waals surface area contributed by atoms with Crippen molar-refractivity contribution in [2.24, 2.45) is 11.8 Å². The Balaban J connectivity index is 1.31. The SMILES string of the molecule is C=C[C@@H]1C[C@@H](C(=O)N[C@@H](CC[C@@H]2CCNC2=O)C(=O)C(=O)NCc2ccccc2)N(C(=O)c2cc3ccccc3[nH]2)C1. The average molecular weight is 570 g/mol. The van der Waals surface area contributed by atoms with Gasteiger partial charge in [-0.05, 0) is 49.3 Å². The summed E-state index contributed by atoms with van der Waals surface area (Å²) in [5, 5.41) is 9.06. The molecule has 2 saturated heterocycles. The first-order valence-corrected chi connectivity index (χ1v) is 14.3. The van der Waals surface area contributed by atoms with E-state index >= 15 is 0 Å². The summed E-state index contributed by atoms with van der Waals surface area (Å²) in [6.45, 7) is 4.87. The highest BCUT2D eigenvalue weighted by atomic mass is 16.2. The molecule has 0 spiro atoms. The third-order valence-corrected chi connectivity index (χ3v) is 8.11. The molecule has 3 heterocycles. The number of Topliss-reactive ketones (excluding diaryl/α,β-unsaturated/α-hetero) is 1. The number of fused-ring (bicyclic) bond motifs is 1. The van der Waals surface area contributed by atoms with Gasteiger partial charge < -0.3 is 25.8 Å². The lowest BCUT2D eigenvalue weighted by molar-refractivity contribution is -0.140. The maximum atomic E-state index is 13.7. The van der Waals surface area contributed by atoms with Crippen molar-refractivity contribution in [3.8, 4) is 0 Å². The van der Waals surface area contributed by atoms with E-state index in [1.807, 2.05) is 54.6 Å². The Hall–Kier alpha value is -4.73. The molecule has 0 radical (unpaired) electrons. The van der Waals surface area contributed by atoms with E-state index in [9.17, 15) is 24.0 Å². The maximum Gasteiger partial charge on any atom is 0.289 e. The van der Waals surface area contributed by atoms with E-state index in [1.165, 1.54) is 4.90 Å². The normalized spacial score (nSPS) is 20.6. The molecule has 4 amide bonds. The largest absolute Gasteiger partial charge is 0.356 e. The summed E-state index contributed by atoms with van der Waals surface area (Å²) < 4.78 is 0. The summed E-state index contributed by atoms with van der Waals surface area (Å²) in [4.78, 5) is 70.3. The molecule has 4 N–H and O–H groups in total. The van der Waals surface area contributed by atoms with Crippen molar-refractivity contribution in [2.45, 2.75) is 44.3 Å². The van der Waals surface area contributed by atoms with E-state index in [4.69, 9.17) is 0 Å². The minimum absolute atomic E-state index is 0.0965. The fourth-order valence-corrected chi connectivity index (χ4v) is 5.70. The highest BCUT2D eigenvalue weighted by molar-refractivity contribution is 6.38. The Morgan fingerprint density at radius 1 is 1.07 bits per heavy atom. The zero-order valence-corrected chi connectivity index (χ0v) is 23.3. The van der Waals surface area contributed by atoms with Gasteiger partial charge in [0.15, 0.2) is 0 Å². The Kier molecular flexibility index (Phi) is 8.80. The van der Waals surface area contributed by atoms with Gasteiger partial charge in [0.25, 0.3) is 11.8 Å². The molecular formula is C32H35N5O5. The van der Waals surface area contributed by atoms with Gasteiger partial charge in [-0.15, -0.1) is 6.58 Å². The van der Waals surface area contributed by atoms with Crippen LogP contribution >= 0.6 is 0 Å². The average Bonchev–Trinajstić information content (AvgIpc) is 3.75. The Morgan fingerprint density at radius 3 is 2.55 bits per heavy atom. The first-order valence-electron chi connectivity index (χ1n) is 14.3. The molecule has 5 rings (SSSR count). The van der Waals surface area contributed by atoms with Gasteiger partial charge in [0.2, 0.25) is 17.6 Å². The summed E-state index contributed by atoms with van der Waals surface area (Å²) in [5.41, 5.74) is 2.00. The number of hydrogen-bond acceptors (Lipinski definition) is 5. The minimum atomic E-state index is -1.14. The number of nitrogens with one attached hydrogen (secondary N) is 4. The van der Waals surface area contributed by atoms with Crippen molar-refractivity contribution in [3.63, 3.8) is 0 Å². The first-order chi connectivity index (χ1) is 20.3. The van der Waals surface area contributed by atoms with Crippen LogP contribution in [0, 0.1) is 11.8 Å². The molecule has 2 aromatic carbocycles. The quantitative estimate of drug-likeness (QED) is 0.208. The lowest BCUT2D eigenvalue weighted by Gasteiger charge is -2.26. The monoisotopic (exact) mass is 569 g/mol. The number of carbonyl (C=O) groups is 5. The van der Waals surface area contributed by atoms with Crippen LogP contribution in [-0.4, -0.2) is 64.5 Å². The summed E-state index contributed by atoms with van der Waals surface area (Å²) in [7, 11) is 0. The van der Waals surface area contributed by atoms with Gasteiger partial charge >= 0.3 is 0 Å². The van der Waals surface area contributed by atoms with Gasteiger partial charge in [0.1, 0.15) is 11.7 Å². The molecule has 2 fully saturated rings. The second-order valence-corrected chi connectivity index (χ2v) is 10.9. The molecule has 2 aliphatic rings. The van der Waals surface area contributed by atoms with Crippen LogP contribution in [0.4, 0.5) is 0 Å². The number of nitrogens with zero attached hydrogens (tertiary/aromatic N) is 1. The number of ketones is 1. The lowest BCUT2D eigenvalue weighted by atomic mass is 9.95. The lowest BCUT2D eigenvalue weighted by Crippen LogP contribution is -2.53. The van der Waals surface area contributed by atoms with E-state index in [0.717, 1.165) is 16.5 Å². The van der Waals surface area contributed by atoms with Crippen LogP contribution in [0.25, 0.3) is 10.9 Å². The fraction of sp³-hybridized carbons (Fsp3) is 0.344. The van der Waals surface area contributed by atoms with E-state index < -0.39 is 29.7 Å². The molecule has 42 heavy (non-hydrogen) atoms. The van der Waals surface area contributed by atoms with Gasteiger partial charge in [0.05, 0.1) is 6.04 Å². The van der Waals surface area contributed by atoms with Gasteiger partial charge in [-0.3, -0.25) is 24.0 Å². The molecule has 0 saturated carbocycles. The molecule has 218 valence electrons. The third-order valence-electron chi connectivity index (χ3n) is 8.11. The number of benzene rings is 2. The number of likely N-dealkylation sites (tertiary alicyclic amines) is 1. The van der Waals surface area contributed by atoms with E-state index in [2.05, 4.69) is 27.5 Å². The third kappa shape index (κ3) is 6.43. The number of para-hydroxylation sites is 1. The van der Waals surface area contributed by atoms with Crippen LogP contribution in [-0.2, 0) is 25.7 Å². The van der Waals surface area contributed by atoms with Gasteiger partial charge in [-0.2, -0.15) is 0 Å². The fourth-order valence-electron chi connectivity index (χ4n) is 5.70. The molecular weight excluding hydrogens is 534 g/mol. The molecule has 3 aromatic rings. The zero-order chi connectivity index (χ0) is 29.6. The molecule has 10 heteroatoms. The Morgan fingerprint density at radius 2 is 1.83 bits per heavy atom. The molecule has 10 nitrogen and oxygen atoms in total. The molecule has 0 aliphatic carbocycles. The molecule has 0 bridgehead atoms. The van der Waals surface area contributed by atoms with Crippen molar-refractivity contribution < 1.29 is 24.0 Å². The van der Waals surface area contributed by atoms with Gasteiger partial charge in [-0.25, -0.2) is 0 Å².